The molecule has 0 spiro atoms. The topological polar surface area (TPSA) is 74.6 Å². The van der Waals surface area contributed by atoms with Gasteiger partial charge < -0.3 is 4.74 Å². The minimum Gasteiger partial charge on any atom is -0.497 e. The molecule has 2 aromatic rings. The van der Waals surface area contributed by atoms with Gasteiger partial charge in [0.25, 0.3) is 11.8 Å². The molecule has 0 saturated carbocycles. The van der Waals surface area contributed by atoms with Gasteiger partial charge in [0.05, 0.1) is 19.3 Å². The third kappa shape index (κ3) is 2.61. The molecule has 0 bridgehead atoms. The van der Waals surface area contributed by atoms with Crippen LogP contribution in [0.1, 0.15) is 11.1 Å². The molecule has 2 atom stereocenters. The summed E-state index contributed by atoms with van der Waals surface area (Å²) in [6.45, 7) is 2.33. The number of amides is 2. The van der Waals surface area contributed by atoms with E-state index in [0.717, 1.165) is 16.9 Å². The molecular weight excluding hydrogens is 332 g/mol. The smallest absolute Gasteiger partial charge is 0.263 e. The van der Waals surface area contributed by atoms with Gasteiger partial charge in [-0.15, -0.1) is 0 Å². The van der Waals surface area contributed by atoms with E-state index in [1.807, 2.05) is 43.3 Å². The number of carbonyl (C=O) groups is 2. The summed E-state index contributed by atoms with van der Waals surface area (Å²) < 4.78 is 5.23. The molecular formula is C19H18N4O3. The van der Waals surface area contributed by atoms with Gasteiger partial charge in [-0.05, 0) is 36.8 Å². The average molecular weight is 350 g/mol. The van der Waals surface area contributed by atoms with Crippen LogP contribution in [0.25, 0.3) is 0 Å². The maximum Gasteiger partial charge on any atom is 0.263 e. The number of aryl methyl sites for hydroxylation is 1. The lowest BCUT2D eigenvalue weighted by atomic mass is 10.1. The number of imide groups is 1. The van der Waals surface area contributed by atoms with Crippen LogP contribution in [-0.2, 0) is 16.1 Å². The molecule has 7 nitrogen and oxygen atoms in total. The standard InChI is InChI=1S/C19H18N4O3/c1-12-6-8-14(9-7-12)23-18(24)16-17(19(23)25)22(21-20-16)11-13-4-3-5-15(10-13)26-2/h3-10,16-17H,11H2,1-2H3/t16-,17-/m1/s1. The first-order valence-electron chi connectivity index (χ1n) is 8.33. The fourth-order valence-electron chi connectivity index (χ4n) is 3.26. The van der Waals surface area contributed by atoms with Crippen LogP contribution in [0.4, 0.5) is 5.69 Å². The summed E-state index contributed by atoms with van der Waals surface area (Å²) in [7, 11) is 1.60. The SMILES string of the molecule is COc1cccc(CN2N=N[C@H]3C(=O)N(c4ccc(C)cc4)C(=O)[C@@H]32)c1. The van der Waals surface area contributed by atoms with Crippen LogP contribution in [0.15, 0.2) is 58.9 Å². The highest BCUT2D eigenvalue weighted by Crippen LogP contribution is 2.33. The zero-order valence-electron chi connectivity index (χ0n) is 14.5. The van der Waals surface area contributed by atoms with Gasteiger partial charge in [0.2, 0.25) is 0 Å². The molecule has 2 aliphatic rings. The number of nitrogens with zero attached hydrogens (tertiary/aromatic N) is 4. The Labute approximate surface area is 150 Å². The normalized spacial score (nSPS) is 21.5. The van der Waals surface area contributed by atoms with Crippen LogP contribution >= 0.6 is 0 Å². The second-order valence-corrected chi connectivity index (χ2v) is 6.39. The maximum absolute atomic E-state index is 12.9. The van der Waals surface area contributed by atoms with E-state index in [1.54, 1.807) is 24.3 Å². The molecule has 2 aliphatic heterocycles. The van der Waals surface area contributed by atoms with Crippen LogP contribution in [0, 0.1) is 6.92 Å². The van der Waals surface area contributed by atoms with E-state index in [1.165, 1.54) is 4.90 Å². The van der Waals surface area contributed by atoms with Crippen molar-refractivity contribution in [2.75, 3.05) is 12.0 Å². The monoisotopic (exact) mass is 350 g/mol. The summed E-state index contributed by atoms with van der Waals surface area (Å²) in [6, 6.07) is 13.3. The molecule has 132 valence electrons. The van der Waals surface area contributed by atoms with E-state index in [2.05, 4.69) is 10.3 Å². The lowest BCUT2D eigenvalue weighted by Crippen LogP contribution is -2.39. The minimum absolute atomic E-state index is 0.295. The summed E-state index contributed by atoms with van der Waals surface area (Å²) in [5.41, 5.74) is 2.56. The van der Waals surface area contributed by atoms with E-state index in [0.29, 0.717) is 12.2 Å². The Morgan fingerprint density at radius 1 is 1.08 bits per heavy atom. The van der Waals surface area contributed by atoms with Crippen LogP contribution < -0.4 is 9.64 Å². The molecule has 7 heteroatoms. The van der Waals surface area contributed by atoms with Crippen molar-refractivity contribution in [2.45, 2.75) is 25.6 Å². The molecule has 0 unspecified atom stereocenters. The van der Waals surface area contributed by atoms with Gasteiger partial charge in [-0.3, -0.25) is 14.6 Å². The Hall–Kier alpha value is -3.22. The van der Waals surface area contributed by atoms with Gasteiger partial charge in [0, 0.05) is 0 Å². The Morgan fingerprint density at radius 2 is 1.85 bits per heavy atom. The summed E-state index contributed by atoms with van der Waals surface area (Å²) in [4.78, 5) is 26.8. The predicted molar refractivity (Wildman–Crippen MR) is 94.6 cm³/mol. The first-order valence-corrected chi connectivity index (χ1v) is 8.33. The summed E-state index contributed by atoms with van der Waals surface area (Å²) in [5.74, 6) is 0.0998. The summed E-state index contributed by atoms with van der Waals surface area (Å²) >= 11 is 0. The van der Waals surface area contributed by atoms with Crippen molar-refractivity contribution in [3.63, 3.8) is 0 Å². The van der Waals surface area contributed by atoms with Gasteiger partial charge in [0.1, 0.15) is 5.75 Å². The van der Waals surface area contributed by atoms with Crippen molar-refractivity contribution in [3.8, 4) is 5.75 Å². The molecule has 0 aromatic heterocycles. The van der Waals surface area contributed by atoms with E-state index in [9.17, 15) is 9.59 Å². The Bertz CT molecular complexity index is 894. The molecule has 26 heavy (non-hydrogen) atoms. The number of methoxy groups -OCH3 is 1. The van der Waals surface area contributed by atoms with Crippen LogP contribution in [-0.4, -0.2) is 36.0 Å². The summed E-state index contributed by atoms with van der Waals surface area (Å²) in [5, 5.41) is 9.69. The molecule has 2 amide bonds. The molecule has 0 N–H and O–H groups in total. The third-order valence-electron chi connectivity index (χ3n) is 4.63. The Morgan fingerprint density at radius 3 is 2.58 bits per heavy atom. The lowest BCUT2D eigenvalue weighted by Gasteiger charge is -2.21. The second kappa shape index (κ2) is 6.25. The molecule has 2 heterocycles. The number of anilines is 1. The number of hydrogen-bond donors (Lipinski definition) is 0. The second-order valence-electron chi connectivity index (χ2n) is 6.39. The van der Waals surface area contributed by atoms with E-state index in [-0.39, 0.29) is 11.8 Å². The Kier molecular flexibility index (Phi) is 3.91. The highest BCUT2D eigenvalue weighted by atomic mass is 16.5. The van der Waals surface area contributed by atoms with Crippen LogP contribution in [0.5, 0.6) is 5.75 Å². The average Bonchev–Trinajstić information content (AvgIpc) is 3.17. The van der Waals surface area contributed by atoms with Crippen LogP contribution in [0.2, 0.25) is 0 Å². The number of rotatable bonds is 4. The first kappa shape index (κ1) is 16.3. The number of hydrogen-bond acceptors (Lipinski definition) is 6. The largest absolute Gasteiger partial charge is 0.497 e. The molecule has 0 aliphatic carbocycles. The number of ether oxygens (including phenoxy) is 1. The minimum atomic E-state index is -0.783. The van der Waals surface area contributed by atoms with E-state index >= 15 is 0 Å². The van der Waals surface area contributed by atoms with E-state index in [4.69, 9.17) is 4.74 Å². The van der Waals surface area contributed by atoms with Gasteiger partial charge in [-0.25, -0.2) is 4.90 Å². The predicted octanol–water partition coefficient (Wildman–Crippen LogP) is 2.50. The molecule has 1 fully saturated rings. The lowest BCUT2D eigenvalue weighted by molar-refractivity contribution is -0.123. The molecule has 4 rings (SSSR count). The summed E-state index contributed by atoms with van der Waals surface area (Å²) in [6.07, 6.45) is 0. The van der Waals surface area contributed by atoms with Crippen molar-refractivity contribution >= 4 is 17.5 Å². The quantitative estimate of drug-likeness (QED) is 0.794. The third-order valence-corrected chi connectivity index (χ3v) is 4.63. The molecule has 0 radical (unpaired) electrons. The maximum atomic E-state index is 12.9. The number of benzene rings is 2. The number of carbonyl (C=O) groups excluding carboxylic acids is 2. The van der Waals surface area contributed by atoms with E-state index < -0.39 is 12.1 Å². The van der Waals surface area contributed by atoms with Gasteiger partial charge in [0.15, 0.2) is 12.1 Å². The van der Waals surface area contributed by atoms with Crippen molar-refractivity contribution in [2.24, 2.45) is 10.3 Å². The van der Waals surface area contributed by atoms with Crippen molar-refractivity contribution < 1.29 is 14.3 Å². The highest BCUT2D eigenvalue weighted by molar-refractivity contribution is 6.25. The molecule has 2 aromatic carbocycles. The van der Waals surface area contributed by atoms with Gasteiger partial charge in [-0.1, -0.05) is 35.1 Å². The fourth-order valence-corrected chi connectivity index (χ4v) is 3.26. The van der Waals surface area contributed by atoms with Gasteiger partial charge in [-0.2, -0.15) is 5.11 Å². The van der Waals surface area contributed by atoms with Crippen LogP contribution in [0.3, 0.4) is 0 Å². The zero-order valence-corrected chi connectivity index (χ0v) is 14.5. The number of fused-ring (bicyclic) bond motifs is 1. The van der Waals surface area contributed by atoms with Crippen molar-refractivity contribution in [1.82, 2.24) is 5.01 Å². The van der Waals surface area contributed by atoms with Crippen molar-refractivity contribution in [1.29, 1.82) is 0 Å². The zero-order chi connectivity index (χ0) is 18.3. The van der Waals surface area contributed by atoms with Crippen molar-refractivity contribution in [3.05, 3.63) is 59.7 Å². The first-order chi connectivity index (χ1) is 12.6. The molecule has 1 saturated heterocycles. The highest BCUT2D eigenvalue weighted by Gasteiger charge is 2.54. The Balaban J connectivity index is 1.58. The van der Waals surface area contributed by atoms with Gasteiger partial charge >= 0.3 is 0 Å². The fraction of sp³-hybridized carbons (Fsp3) is 0.263.